The molecule has 0 amide bonds. The van der Waals surface area contributed by atoms with E-state index in [2.05, 4.69) is 17.2 Å². The van der Waals surface area contributed by atoms with Crippen LogP contribution in [0, 0.1) is 5.92 Å². The topological polar surface area (TPSA) is 75.4 Å². The van der Waals surface area contributed by atoms with Crippen molar-refractivity contribution in [3.63, 3.8) is 0 Å². The Morgan fingerprint density at radius 1 is 1.45 bits per heavy atom. The van der Waals surface area contributed by atoms with Gasteiger partial charge < -0.3 is 14.8 Å². The van der Waals surface area contributed by atoms with Crippen molar-refractivity contribution >= 4 is 23.1 Å². The van der Waals surface area contributed by atoms with Crippen molar-refractivity contribution in [2.45, 2.75) is 38.6 Å². The van der Waals surface area contributed by atoms with E-state index in [1.54, 1.807) is 12.1 Å². The molecular formula is C15H18N2O3. The van der Waals surface area contributed by atoms with E-state index in [0.717, 1.165) is 18.8 Å². The minimum Gasteiger partial charge on any atom is -0.478 e. The van der Waals surface area contributed by atoms with Gasteiger partial charge in [-0.3, -0.25) is 0 Å². The number of nitrogens with one attached hydrogen (secondary N) is 1. The Bertz CT molecular complexity index is 635. The molecule has 2 unspecified atom stereocenters. The zero-order chi connectivity index (χ0) is 14.1. The van der Waals surface area contributed by atoms with Gasteiger partial charge in [0.25, 0.3) is 6.01 Å². The van der Waals surface area contributed by atoms with Gasteiger partial charge in [-0.1, -0.05) is 19.8 Å². The quantitative estimate of drug-likeness (QED) is 0.895. The van der Waals surface area contributed by atoms with Crippen molar-refractivity contribution in [1.82, 2.24) is 4.98 Å². The molecule has 1 aliphatic carbocycles. The van der Waals surface area contributed by atoms with Crippen LogP contribution in [0.3, 0.4) is 0 Å². The molecule has 5 nitrogen and oxygen atoms in total. The number of fused-ring (bicyclic) bond motifs is 1. The summed E-state index contributed by atoms with van der Waals surface area (Å²) in [5.74, 6) is -0.233. The van der Waals surface area contributed by atoms with Gasteiger partial charge in [0.1, 0.15) is 5.52 Å². The number of hydrogen-bond donors (Lipinski definition) is 2. The molecule has 0 radical (unpaired) electrons. The molecule has 1 heterocycles. The first-order chi connectivity index (χ1) is 9.61. The molecule has 0 spiro atoms. The molecule has 1 fully saturated rings. The first-order valence-corrected chi connectivity index (χ1v) is 7.02. The minimum absolute atomic E-state index is 0.214. The lowest BCUT2D eigenvalue weighted by Crippen LogP contribution is -2.26. The molecule has 0 aliphatic heterocycles. The summed E-state index contributed by atoms with van der Waals surface area (Å²) < 4.78 is 5.61. The number of oxazole rings is 1. The maximum absolute atomic E-state index is 10.9. The summed E-state index contributed by atoms with van der Waals surface area (Å²) in [6.07, 6.45) is 4.76. The molecule has 5 heteroatoms. The number of carboxylic acid groups (broad SMARTS) is 1. The molecule has 2 aromatic rings. The molecule has 2 atom stereocenters. The lowest BCUT2D eigenvalue weighted by molar-refractivity contribution is 0.0697. The zero-order valence-electron chi connectivity index (χ0n) is 11.4. The normalized spacial score (nSPS) is 22.9. The van der Waals surface area contributed by atoms with Crippen LogP contribution in [-0.2, 0) is 0 Å². The third-order valence-corrected chi connectivity index (χ3v) is 3.90. The maximum atomic E-state index is 10.9. The average Bonchev–Trinajstić information content (AvgIpc) is 2.79. The highest BCUT2D eigenvalue weighted by Gasteiger charge is 2.20. The van der Waals surface area contributed by atoms with E-state index in [9.17, 15) is 4.79 Å². The number of rotatable bonds is 3. The Kier molecular flexibility index (Phi) is 3.34. The molecule has 1 aromatic carbocycles. The summed E-state index contributed by atoms with van der Waals surface area (Å²) in [5.41, 5.74) is 1.41. The van der Waals surface area contributed by atoms with Crippen molar-refractivity contribution in [2.75, 3.05) is 5.32 Å². The highest BCUT2D eigenvalue weighted by atomic mass is 16.4. The van der Waals surface area contributed by atoms with Crippen LogP contribution in [0.2, 0.25) is 0 Å². The number of aromatic nitrogens is 1. The summed E-state index contributed by atoms with van der Waals surface area (Å²) in [6, 6.07) is 5.61. The second kappa shape index (κ2) is 5.15. The Hall–Kier alpha value is -2.04. The van der Waals surface area contributed by atoms with E-state index in [0.29, 0.717) is 23.2 Å². The summed E-state index contributed by atoms with van der Waals surface area (Å²) in [5, 5.41) is 12.3. The van der Waals surface area contributed by atoms with E-state index in [4.69, 9.17) is 9.52 Å². The highest BCUT2D eigenvalue weighted by molar-refractivity contribution is 5.92. The number of carbonyl (C=O) groups is 1. The van der Waals surface area contributed by atoms with E-state index in [-0.39, 0.29) is 5.56 Å². The minimum atomic E-state index is -0.959. The summed E-state index contributed by atoms with van der Waals surface area (Å²) in [7, 11) is 0. The first kappa shape index (κ1) is 13.0. The molecule has 2 N–H and O–H groups in total. The molecule has 0 bridgehead atoms. The molecule has 20 heavy (non-hydrogen) atoms. The summed E-state index contributed by atoms with van der Waals surface area (Å²) in [4.78, 5) is 15.3. The Balaban J connectivity index is 1.80. The number of carboxylic acids is 1. The molecule has 3 rings (SSSR count). The molecule has 106 valence electrons. The van der Waals surface area contributed by atoms with Gasteiger partial charge in [0.15, 0.2) is 5.58 Å². The Morgan fingerprint density at radius 2 is 2.30 bits per heavy atom. The summed E-state index contributed by atoms with van der Waals surface area (Å²) >= 11 is 0. The van der Waals surface area contributed by atoms with Crippen LogP contribution in [0.25, 0.3) is 11.1 Å². The highest BCUT2D eigenvalue weighted by Crippen LogP contribution is 2.27. The van der Waals surface area contributed by atoms with Crippen molar-refractivity contribution in [3.05, 3.63) is 23.8 Å². The van der Waals surface area contributed by atoms with Crippen LogP contribution in [-0.4, -0.2) is 22.1 Å². The van der Waals surface area contributed by atoms with Gasteiger partial charge in [-0.15, -0.1) is 0 Å². The lowest BCUT2D eigenvalue weighted by Gasteiger charge is -2.26. The second-order valence-electron chi connectivity index (χ2n) is 5.62. The van der Waals surface area contributed by atoms with E-state index < -0.39 is 5.97 Å². The van der Waals surface area contributed by atoms with Crippen LogP contribution >= 0.6 is 0 Å². The van der Waals surface area contributed by atoms with E-state index in [1.807, 2.05) is 0 Å². The van der Waals surface area contributed by atoms with Crippen LogP contribution in [0.4, 0.5) is 6.01 Å². The van der Waals surface area contributed by atoms with Crippen molar-refractivity contribution in [3.8, 4) is 0 Å². The zero-order valence-corrected chi connectivity index (χ0v) is 11.4. The first-order valence-electron chi connectivity index (χ1n) is 7.02. The smallest absolute Gasteiger partial charge is 0.335 e. The molecule has 1 aromatic heterocycles. The fourth-order valence-electron chi connectivity index (χ4n) is 2.86. The molecule has 1 aliphatic rings. The fraction of sp³-hybridized carbons (Fsp3) is 0.467. The predicted octanol–water partition coefficient (Wildman–Crippen LogP) is 3.52. The SMILES string of the molecule is CC1CCCC(Nc2nc3ccc(C(=O)O)cc3o2)C1. The van der Waals surface area contributed by atoms with Gasteiger partial charge in [0.2, 0.25) is 0 Å². The lowest BCUT2D eigenvalue weighted by atomic mass is 9.87. The average molecular weight is 274 g/mol. The van der Waals surface area contributed by atoms with Crippen LogP contribution < -0.4 is 5.32 Å². The van der Waals surface area contributed by atoms with Gasteiger partial charge >= 0.3 is 5.97 Å². The molecular weight excluding hydrogens is 256 g/mol. The van der Waals surface area contributed by atoms with E-state index >= 15 is 0 Å². The molecule has 0 saturated heterocycles. The molecule has 1 saturated carbocycles. The largest absolute Gasteiger partial charge is 0.478 e. The van der Waals surface area contributed by atoms with Crippen LogP contribution in [0.5, 0.6) is 0 Å². The van der Waals surface area contributed by atoms with E-state index in [1.165, 1.54) is 18.9 Å². The van der Waals surface area contributed by atoms with Crippen molar-refractivity contribution < 1.29 is 14.3 Å². The second-order valence-corrected chi connectivity index (χ2v) is 5.62. The number of benzene rings is 1. The van der Waals surface area contributed by atoms with Gasteiger partial charge in [-0.25, -0.2) is 4.79 Å². The van der Waals surface area contributed by atoms with Gasteiger partial charge in [0.05, 0.1) is 5.56 Å². The van der Waals surface area contributed by atoms with Crippen LogP contribution in [0.1, 0.15) is 43.0 Å². The van der Waals surface area contributed by atoms with Crippen molar-refractivity contribution in [1.29, 1.82) is 0 Å². The fourth-order valence-corrected chi connectivity index (χ4v) is 2.86. The Morgan fingerprint density at radius 3 is 3.05 bits per heavy atom. The number of hydrogen-bond acceptors (Lipinski definition) is 4. The maximum Gasteiger partial charge on any atom is 0.335 e. The van der Waals surface area contributed by atoms with Crippen LogP contribution in [0.15, 0.2) is 22.6 Å². The number of aromatic carboxylic acids is 1. The Labute approximate surface area is 117 Å². The van der Waals surface area contributed by atoms with Gasteiger partial charge in [-0.05, 0) is 37.0 Å². The third-order valence-electron chi connectivity index (χ3n) is 3.90. The number of nitrogens with zero attached hydrogens (tertiary/aromatic N) is 1. The van der Waals surface area contributed by atoms with Gasteiger partial charge in [-0.2, -0.15) is 4.98 Å². The number of anilines is 1. The van der Waals surface area contributed by atoms with Crippen molar-refractivity contribution in [2.24, 2.45) is 5.92 Å². The predicted molar refractivity (Wildman–Crippen MR) is 76.0 cm³/mol. The summed E-state index contributed by atoms with van der Waals surface area (Å²) in [6.45, 7) is 2.26. The monoisotopic (exact) mass is 274 g/mol. The third kappa shape index (κ3) is 2.61. The standard InChI is InChI=1S/C15H18N2O3/c1-9-3-2-4-11(7-9)16-15-17-12-6-5-10(14(18)19)8-13(12)20-15/h5-6,8-9,11H,2-4,7H2,1H3,(H,16,17)(H,18,19). The van der Waals surface area contributed by atoms with Gasteiger partial charge in [0, 0.05) is 6.04 Å².